The summed E-state index contributed by atoms with van der Waals surface area (Å²) in [5.41, 5.74) is 2.64. The van der Waals surface area contributed by atoms with E-state index in [-0.39, 0.29) is 5.54 Å². The minimum atomic E-state index is 0.264. The molecule has 4 nitrogen and oxygen atoms in total. The van der Waals surface area contributed by atoms with Crippen LogP contribution in [0.1, 0.15) is 31.0 Å². The number of anilines is 1. The summed E-state index contributed by atoms with van der Waals surface area (Å²) in [6.45, 7) is 4.00. The van der Waals surface area contributed by atoms with Crippen molar-refractivity contribution in [2.24, 2.45) is 0 Å². The Hall–Kier alpha value is -1.16. The number of nitrogens with one attached hydrogen (secondary N) is 2. The largest absolute Gasteiger partial charge is 0.349 e. The van der Waals surface area contributed by atoms with Gasteiger partial charge in [0, 0.05) is 30.4 Å². The van der Waals surface area contributed by atoms with Gasteiger partial charge in [0.2, 0.25) is 5.95 Å². The Bertz CT molecular complexity index is 370. The molecule has 4 heteroatoms. The lowest BCUT2D eigenvalue weighted by Crippen LogP contribution is -2.18. The summed E-state index contributed by atoms with van der Waals surface area (Å²) in [5, 5.41) is 6.64. The Morgan fingerprint density at radius 1 is 1.43 bits per heavy atom. The van der Waals surface area contributed by atoms with Crippen LogP contribution >= 0.6 is 0 Å². The molecule has 0 saturated heterocycles. The van der Waals surface area contributed by atoms with Gasteiger partial charge in [0.05, 0.1) is 5.69 Å². The summed E-state index contributed by atoms with van der Waals surface area (Å²) in [7, 11) is 0. The van der Waals surface area contributed by atoms with Crippen molar-refractivity contribution >= 4 is 5.95 Å². The zero-order chi connectivity index (χ0) is 9.60. The molecular weight excluding hydrogens is 176 g/mol. The molecule has 0 unspecified atom stereocenters. The molecule has 1 aromatic heterocycles. The van der Waals surface area contributed by atoms with Crippen LogP contribution < -0.4 is 10.6 Å². The molecular formula is C10H14N4. The molecule has 0 amide bonds. The topological polar surface area (TPSA) is 49.8 Å². The van der Waals surface area contributed by atoms with E-state index in [1.54, 1.807) is 0 Å². The molecule has 2 heterocycles. The van der Waals surface area contributed by atoms with E-state index in [1.807, 2.05) is 6.20 Å². The molecule has 3 rings (SSSR count). The van der Waals surface area contributed by atoms with E-state index in [0.717, 1.165) is 24.7 Å². The maximum atomic E-state index is 4.49. The SMILES string of the molecule is CC1(Nc2ncc3c(n2)CNC3)CC1. The van der Waals surface area contributed by atoms with Gasteiger partial charge >= 0.3 is 0 Å². The maximum Gasteiger partial charge on any atom is 0.223 e. The third-order valence-electron chi connectivity index (χ3n) is 2.98. The summed E-state index contributed by atoms with van der Waals surface area (Å²) in [5.74, 6) is 0.785. The van der Waals surface area contributed by atoms with Crippen LogP contribution in [0.2, 0.25) is 0 Å². The van der Waals surface area contributed by atoms with Crippen LogP contribution in [-0.4, -0.2) is 15.5 Å². The highest BCUT2D eigenvalue weighted by molar-refractivity contribution is 5.36. The van der Waals surface area contributed by atoms with Gasteiger partial charge in [0.25, 0.3) is 0 Å². The minimum absolute atomic E-state index is 0.264. The number of hydrogen-bond acceptors (Lipinski definition) is 4. The van der Waals surface area contributed by atoms with Gasteiger partial charge in [-0.05, 0) is 19.8 Å². The van der Waals surface area contributed by atoms with E-state index in [2.05, 4.69) is 27.5 Å². The van der Waals surface area contributed by atoms with Crippen LogP contribution in [0.25, 0.3) is 0 Å². The predicted octanol–water partition coefficient (Wildman–Crippen LogP) is 1.04. The van der Waals surface area contributed by atoms with Gasteiger partial charge in [0.15, 0.2) is 0 Å². The highest BCUT2D eigenvalue weighted by Crippen LogP contribution is 2.37. The number of fused-ring (bicyclic) bond motifs is 1. The van der Waals surface area contributed by atoms with Gasteiger partial charge in [-0.1, -0.05) is 0 Å². The average Bonchev–Trinajstić information content (AvgIpc) is 2.73. The molecule has 1 fully saturated rings. The van der Waals surface area contributed by atoms with Crippen molar-refractivity contribution in [3.8, 4) is 0 Å². The fraction of sp³-hybridized carbons (Fsp3) is 0.600. The number of aromatic nitrogens is 2. The second-order valence-electron chi connectivity index (χ2n) is 4.45. The van der Waals surface area contributed by atoms with E-state index in [4.69, 9.17) is 0 Å². The van der Waals surface area contributed by atoms with E-state index in [9.17, 15) is 0 Å². The molecule has 74 valence electrons. The molecule has 1 aliphatic heterocycles. The lowest BCUT2D eigenvalue weighted by atomic mass is 10.3. The highest BCUT2D eigenvalue weighted by Gasteiger charge is 2.37. The van der Waals surface area contributed by atoms with E-state index < -0.39 is 0 Å². The lowest BCUT2D eigenvalue weighted by Gasteiger charge is -2.11. The monoisotopic (exact) mass is 190 g/mol. The fourth-order valence-corrected chi connectivity index (χ4v) is 1.70. The maximum absolute atomic E-state index is 4.49. The van der Waals surface area contributed by atoms with Crippen LogP contribution in [0, 0.1) is 0 Å². The van der Waals surface area contributed by atoms with Crippen molar-refractivity contribution in [3.05, 3.63) is 17.5 Å². The van der Waals surface area contributed by atoms with Crippen LogP contribution in [-0.2, 0) is 13.1 Å². The van der Waals surface area contributed by atoms with Gasteiger partial charge in [-0.3, -0.25) is 0 Å². The van der Waals surface area contributed by atoms with Crippen molar-refractivity contribution < 1.29 is 0 Å². The molecule has 0 bridgehead atoms. The Morgan fingerprint density at radius 3 is 3.07 bits per heavy atom. The summed E-state index contributed by atoms with van der Waals surface area (Å²) in [6.07, 6.45) is 4.38. The van der Waals surface area contributed by atoms with E-state index in [1.165, 1.54) is 18.4 Å². The first-order valence-electron chi connectivity index (χ1n) is 5.09. The fourth-order valence-electron chi connectivity index (χ4n) is 1.70. The third-order valence-corrected chi connectivity index (χ3v) is 2.98. The van der Waals surface area contributed by atoms with E-state index >= 15 is 0 Å². The second-order valence-corrected chi connectivity index (χ2v) is 4.45. The number of nitrogens with zero attached hydrogens (tertiary/aromatic N) is 2. The summed E-state index contributed by atoms with van der Waals surface area (Å²) in [4.78, 5) is 8.81. The Labute approximate surface area is 83.1 Å². The first-order chi connectivity index (χ1) is 6.75. The summed E-state index contributed by atoms with van der Waals surface area (Å²) in [6, 6.07) is 0. The van der Waals surface area contributed by atoms with Gasteiger partial charge < -0.3 is 10.6 Å². The van der Waals surface area contributed by atoms with Crippen LogP contribution in [0.3, 0.4) is 0 Å². The molecule has 14 heavy (non-hydrogen) atoms. The predicted molar refractivity (Wildman–Crippen MR) is 53.8 cm³/mol. The molecule has 0 radical (unpaired) electrons. The van der Waals surface area contributed by atoms with Crippen LogP contribution in [0.15, 0.2) is 6.20 Å². The summed E-state index contributed by atoms with van der Waals surface area (Å²) < 4.78 is 0. The van der Waals surface area contributed by atoms with Gasteiger partial charge in [-0.25, -0.2) is 9.97 Å². The zero-order valence-corrected chi connectivity index (χ0v) is 8.30. The van der Waals surface area contributed by atoms with Crippen molar-refractivity contribution in [1.29, 1.82) is 0 Å². The standard InChI is InChI=1S/C10H14N4/c1-10(2-3-10)14-9-12-5-7-4-11-6-8(7)13-9/h5,11H,2-4,6H2,1H3,(H,12,13,14). The van der Waals surface area contributed by atoms with Crippen LogP contribution in [0.5, 0.6) is 0 Å². The van der Waals surface area contributed by atoms with Crippen molar-refractivity contribution in [1.82, 2.24) is 15.3 Å². The normalized spacial score (nSPS) is 21.8. The van der Waals surface area contributed by atoms with Gasteiger partial charge in [-0.15, -0.1) is 0 Å². The summed E-state index contributed by atoms with van der Waals surface area (Å²) >= 11 is 0. The van der Waals surface area contributed by atoms with E-state index in [0.29, 0.717) is 0 Å². The molecule has 2 aliphatic rings. The molecule has 0 atom stereocenters. The van der Waals surface area contributed by atoms with Crippen molar-refractivity contribution in [2.45, 2.75) is 38.4 Å². The lowest BCUT2D eigenvalue weighted by molar-refractivity contribution is 0.756. The van der Waals surface area contributed by atoms with Gasteiger partial charge in [-0.2, -0.15) is 0 Å². The molecule has 1 aromatic rings. The smallest absolute Gasteiger partial charge is 0.223 e. The van der Waals surface area contributed by atoms with Crippen molar-refractivity contribution in [3.63, 3.8) is 0 Å². The average molecular weight is 190 g/mol. The Kier molecular flexibility index (Phi) is 1.56. The number of rotatable bonds is 2. The van der Waals surface area contributed by atoms with Gasteiger partial charge in [0.1, 0.15) is 0 Å². The quantitative estimate of drug-likeness (QED) is 0.731. The van der Waals surface area contributed by atoms with Crippen molar-refractivity contribution in [2.75, 3.05) is 5.32 Å². The first-order valence-corrected chi connectivity index (χ1v) is 5.09. The third kappa shape index (κ3) is 1.35. The Balaban J connectivity index is 1.85. The molecule has 0 spiro atoms. The van der Waals surface area contributed by atoms with Crippen LogP contribution in [0.4, 0.5) is 5.95 Å². The minimum Gasteiger partial charge on any atom is -0.349 e. The zero-order valence-electron chi connectivity index (χ0n) is 8.30. The highest BCUT2D eigenvalue weighted by atomic mass is 15.2. The first kappa shape index (κ1) is 8.17. The molecule has 2 N–H and O–H groups in total. The molecule has 1 saturated carbocycles. The number of hydrogen-bond donors (Lipinski definition) is 2. The molecule has 0 aromatic carbocycles. The Morgan fingerprint density at radius 2 is 2.29 bits per heavy atom. The second kappa shape index (κ2) is 2.67. The molecule has 1 aliphatic carbocycles.